The van der Waals surface area contributed by atoms with Crippen molar-refractivity contribution in [3.8, 4) is 17.2 Å². The van der Waals surface area contributed by atoms with E-state index in [4.69, 9.17) is 9.47 Å². The number of aliphatic hydroxyl groups is 1. The molecule has 0 atom stereocenters. The van der Waals surface area contributed by atoms with Gasteiger partial charge in [0.15, 0.2) is 17.5 Å². The van der Waals surface area contributed by atoms with Crippen LogP contribution in [0.15, 0.2) is 17.1 Å². The molecule has 1 saturated carbocycles. The van der Waals surface area contributed by atoms with E-state index in [0.717, 1.165) is 32.1 Å². The van der Waals surface area contributed by atoms with Crippen LogP contribution >= 0.6 is 0 Å². The summed E-state index contributed by atoms with van der Waals surface area (Å²) in [4.78, 5) is 4.45. The van der Waals surface area contributed by atoms with Gasteiger partial charge in [0.25, 0.3) is 0 Å². The van der Waals surface area contributed by atoms with Crippen molar-refractivity contribution in [3.05, 3.63) is 17.7 Å². The van der Waals surface area contributed by atoms with Gasteiger partial charge in [-0.2, -0.15) is 8.78 Å². The molecule has 156 valence electrons. The number of nitrogens with one attached hydrogen (secondary N) is 2. The molecule has 0 unspecified atom stereocenters. The minimum Gasteiger partial charge on any atom is -0.454 e. The Morgan fingerprint density at radius 3 is 2.61 bits per heavy atom. The fourth-order valence-electron chi connectivity index (χ4n) is 3.44. The van der Waals surface area contributed by atoms with Crippen LogP contribution in [-0.2, 0) is 6.54 Å². The van der Waals surface area contributed by atoms with Crippen molar-refractivity contribution in [2.75, 3.05) is 19.9 Å². The lowest BCUT2D eigenvalue weighted by atomic mass is 9.85. The van der Waals surface area contributed by atoms with Gasteiger partial charge in [-0.15, -0.1) is 0 Å². The molecular weight excluding hydrogens is 372 g/mol. The van der Waals surface area contributed by atoms with Crippen molar-refractivity contribution < 1.29 is 28.1 Å². The van der Waals surface area contributed by atoms with E-state index in [1.54, 1.807) is 6.07 Å². The van der Waals surface area contributed by atoms with Crippen molar-refractivity contribution >= 4 is 5.96 Å². The number of halogens is 2. The molecule has 1 aliphatic carbocycles. The van der Waals surface area contributed by atoms with Crippen LogP contribution in [0.4, 0.5) is 8.78 Å². The summed E-state index contributed by atoms with van der Waals surface area (Å²) in [6.45, 7) is 0.144. The van der Waals surface area contributed by atoms with Crippen molar-refractivity contribution in [1.29, 1.82) is 0 Å². The van der Waals surface area contributed by atoms with Crippen LogP contribution in [0.5, 0.6) is 17.2 Å². The van der Waals surface area contributed by atoms with Crippen LogP contribution in [-0.4, -0.2) is 43.2 Å². The highest BCUT2D eigenvalue weighted by Crippen LogP contribution is 2.39. The average molecular weight is 399 g/mol. The van der Waals surface area contributed by atoms with Gasteiger partial charge in [-0.1, -0.05) is 19.3 Å². The third kappa shape index (κ3) is 5.37. The highest BCUT2D eigenvalue weighted by Gasteiger charge is 2.29. The molecule has 0 aromatic heterocycles. The molecule has 0 spiro atoms. The number of benzene rings is 1. The fraction of sp³-hybridized carbons (Fsp3) is 0.632. The van der Waals surface area contributed by atoms with Gasteiger partial charge in [0.05, 0.1) is 12.1 Å². The minimum atomic E-state index is -2.95. The number of hydrogen-bond donors (Lipinski definition) is 3. The number of fused-ring (bicyclic) bond motifs is 1. The van der Waals surface area contributed by atoms with Gasteiger partial charge in [0.2, 0.25) is 6.79 Å². The van der Waals surface area contributed by atoms with Gasteiger partial charge >= 0.3 is 6.61 Å². The number of ether oxygens (including phenoxy) is 3. The van der Waals surface area contributed by atoms with Gasteiger partial charge < -0.3 is 30.0 Å². The van der Waals surface area contributed by atoms with Crippen LogP contribution in [0.3, 0.4) is 0 Å². The fourth-order valence-corrected chi connectivity index (χ4v) is 3.44. The molecule has 2 aliphatic rings. The summed E-state index contributed by atoms with van der Waals surface area (Å²) in [6, 6.07) is 2.99. The normalized spacial score (nSPS) is 18.2. The maximum atomic E-state index is 12.8. The number of nitrogens with zero attached hydrogens (tertiary/aromatic N) is 1. The van der Waals surface area contributed by atoms with Crippen LogP contribution in [0.25, 0.3) is 0 Å². The average Bonchev–Trinajstić information content (AvgIpc) is 3.11. The van der Waals surface area contributed by atoms with Gasteiger partial charge in [-0.3, -0.25) is 0 Å². The topological polar surface area (TPSA) is 84.3 Å². The minimum absolute atomic E-state index is 0.00441. The molecule has 3 rings (SSSR count). The second kappa shape index (κ2) is 9.27. The predicted molar refractivity (Wildman–Crippen MR) is 100 cm³/mol. The zero-order valence-electron chi connectivity index (χ0n) is 16.0. The lowest BCUT2D eigenvalue weighted by molar-refractivity contribution is -0.0505. The van der Waals surface area contributed by atoms with Crippen molar-refractivity contribution in [3.63, 3.8) is 0 Å². The number of guanidine groups is 1. The molecule has 1 fully saturated rings. The highest BCUT2D eigenvalue weighted by molar-refractivity contribution is 5.79. The second-order valence-corrected chi connectivity index (χ2v) is 7.03. The molecule has 7 nitrogen and oxygen atoms in total. The van der Waals surface area contributed by atoms with E-state index in [-0.39, 0.29) is 19.1 Å². The Balaban J connectivity index is 1.71. The number of hydrogen-bond acceptors (Lipinski definition) is 5. The third-order valence-corrected chi connectivity index (χ3v) is 4.89. The smallest absolute Gasteiger partial charge is 0.387 e. The third-order valence-electron chi connectivity index (χ3n) is 4.89. The summed E-state index contributed by atoms with van der Waals surface area (Å²) in [5, 5.41) is 16.9. The molecule has 0 bridgehead atoms. The molecule has 1 aromatic carbocycles. The Bertz CT molecular complexity index is 694. The van der Waals surface area contributed by atoms with Crippen molar-refractivity contribution in [1.82, 2.24) is 10.6 Å². The highest BCUT2D eigenvalue weighted by atomic mass is 19.3. The Hall–Kier alpha value is -2.29. The molecule has 0 saturated heterocycles. The van der Waals surface area contributed by atoms with Gasteiger partial charge in [0.1, 0.15) is 5.75 Å². The number of alkyl halides is 2. The summed E-state index contributed by atoms with van der Waals surface area (Å²) in [7, 11) is 0. The van der Waals surface area contributed by atoms with Crippen LogP contribution in [0.1, 0.15) is 44.6 Å². The summed E-state index contributed by atoms with van der Waals surface area (Å²) in [6.07, 6.45) is 4.68. The van der Waals surface area contributed by atoms with E-state index in [2.05, 4.69) is 20.4 Å². The van der Waals surface area contributed by atoms with Crippen LogP contribution in [0, 0.1) is 0 Å². The molecule has 28 heavy (non-hydrogen) atoms. The Morgan fingerprint density at radius 2 is 1.93 bits per heavy atom. The monoisotopic (exact) mass is 399 g/mol. The molecule has 1 heterocycles. The van der Waals surface area contributed by atoms with E-state index in [1.807, 2.05) is 6.92 Å². The first-order chi connectivity index (χ1) is 13.5. The van der Waals surface area contributed by atoms with E-state index in [1.165, 1.54) is 6.07 Å². The molecular formula is C19H27F2N3O4. The first-order valence-corrected chi connectivity index (χ1v) is 9.61. The van der Waals surface area contributed by atoms with Gasteiger partial charge in [0, 0.05) is 24.7 Å². The largest absolute Gasteiger partial charge is 0.454 e. The van der Waals surface area contributed by atoms with E-state index in [9.17, 15) is 13.9 Å². The molecule has 0 radical (unpaired) electrons. The summed E-state index contributed by atoms with van der Waals surface area (Å²) >= 11 is 0. The SMILES string of the molecule is CCNC(=NCc1cc2c(cc1OC(F)F)OCO2)NCC1(O)CCCCC1. The Morgan fingerprint density at radius 1 is 1.21 bits per heavy atom. The van der Waals surface area contributed by atoms with Gasteiger partial charge in [-0.25, -0.2) is 4.99 Å². The summed E-state index contributed by atoms with van der Waals surface area (Å²) < 4.78 is 40.7. The molecule has 1 aromatic rings. The predicted octanol–water partition coefficient (Wildman–Crippen LogP) is 2.77. The van der Waals surface area contributed by atoms with Gasteiger partial charge in [-0.05, 0) is 25.8 Å². The van der Waals surface area contributed by atoms with Crippen LogP contribution in [0.2, 0.25) is 0 Å². The van der Waals surface area contributed by atoms with E-state index >= 15 is 0 Å². The summed E-state index contributed by atoms with van der Waals surface area (Å²) in [5.74, 6) is 1.35. The number of rotatable bonds is 7. The van der Waals surface area contributed by atoms with Crippen LogP contribution < -0.4 is 24.8 Å². The lowest BCUT2D eigenvalue weighted by Crippen LogP contribution is -2.48. The van der Waals surface area contributed by atoms with E-state index < -0.39 is 12.2 Å². The molecule has 9 heteroatoms. The first-order valence-electron chi connectivity index (χ1n) is 9.61. The molecule has 1 aliphatic heterocycles. The molecule has 3 N–H and O–H groups in total. The summed E-state index contributed by atoms with van der Waals surface area (Å²) in [5.41, 5.74) is -0.282. The Kier molecular flexibility index (Phi) is 6.77. The van der Waals surface area contributed by atoms with Crippen molar-refractivity contribution in [2.24, 2.45) is 4.99 Å². The van der Waals surface area contributed by atoms with E-state index in [0.29, 0.717) is 36.1 Å². The quantitative estimate of drug-likeness (QED) is 0.483. The maximum Gasteiger partial charge on any atom is 0.387 e. The zero-order valence-corrected chi connectivity index (χ0v) is 16.0. The number of aliphatic imine (C=N–C) groups is 1. The second-order valence-electron chi connectivity index (χ2n) is 7.03. The lowest BCUT2D eigenvalue weighted by Gasteiger charge is -2.32. The maximum absolute atomic E-state index is 12.8. The zero-order chi connectivity index (χ0) is 20.0. The standard InChI is InChI=1S/C19H27F2N3O4/c1-2-22-18(24-11-19(25)6-4-3-5-7-19)23-10-13-8-15-16(27-12-26-15)9-14(13)28-17(20)21/h8-9,17,25H,2-7,10-12H2,1H3,(H2,22,23,24). The first kappa shape index (κ1) is 20.4. The van der Waals surface area contributed by atoms with Crippen molar-refractivity contribution in [2.45, 2.75) is 57.8 Å². The Labute approximate surface area is 163 Å². The molecule has 0 amide bonds.